The second kappa shape index (κ2) is 5.81. The van der Waals surface area contributed by atoms with Crippen LogP contribution in [0.1, 0.15) is 10.5 Å². The predicted octanol–water partition coefficient (Wildman–Crippen LogP) is 2.52. The Kier molecular flexibility index (Phi) is 3.49. The van der Waals surface area contributed by atoms with Gasteiger partial charge in [0, 0.05) is 18.8 Å². The molecule has 0 saturated heterocycles. The summed E-state index contributed by atoms with van der Waals surface area (Å²) in [5.41, 5.74) is 2.99. The van der Waals surface area contributed by atoms with E-state index < -0.39 is 0 Å². The summed E-state index contributed by atoms with van der Waals surface area (Å²) in [4.78, 5) is 18.9. The van der Waals surface area contributed by atoms with Crippen LogP contribution in [0.3, 0.4) is 0 Å². The van der Waals surface area contributed by atoms with Gasteiger partial charge >= 0.3 is 0 Å². The molecule has 3 aromatic rings. The molecule has 120 valence electrons. The molecule has 0 aliphatic carbocycles. The van der Waals surface area contributed by atoms with Crippen LogP contribution in [0.5, 0.6) is 5.88 Å². The average Bonchev–Trinajstić information content (AvgIpc) is 3.03. The Balaban J connectivity index is 1.70. The van der Waals surface area contributed by atoms with E-state index in [1.807, 2.05) is 42.5 Å². The number of hydrogen-bond acceptors (Lipinski definition) is 4. The predicted molar refractivity (Wildman–Crippen MR) is 90.1 cm³/mol. The van der Waals surface area contributed by atoms with Crippen LogP contribution < -0.4 is 9.64 Å². The second-order valence-electron chi connectivity index (χ2n) is 5.54. The van der Waals surface area contributed by atoms with Crippen molar-refractivity contribution in [3.8, 4) is 17.1 Å². The number of anilines is 1. The van der Waals surface area contributed by atoms with Gasteiger partial charge < -0.3 is 4.74 Å². The lowest BCUT2D eigenvalue weighted by Crippen LogP contribution is -2.39. The highest BCUT2D eigenvalue weighted by molar-refractivity contribution is 6.06. The fraction of sp³-hybridized carbons (Fsp3) is 0.167. The zero-order valence-corrected chi connectivity index (χ0v) is 13.2. The lowest BCUT2D eigenvalue weighted by atomic mass is 10.1. The number of ether oxygens (including phenoxy) is 1. The molecule has 2 aromatic heterocycles. The Hall–Kier alpha value is -3.15. The van der Waals surface area contributed by atoms with Crippen LogP contribution in [0, 0.1) is 0 Å². The van der Waals surface area contributed by atoms with E-state index in [0.29, 0.717) is 30.4 Å². The number of amides is 1. The quantitative estimate of drug-likeness (QED) is 0.728. The number of rotatable bonds is 2. The molecule has 1 aliphatic rings. The minimum atomic E-state index is -0.107. The summed E-state index contributed by atoms with van der Waals surface area (Å²) in [6.45, 7) is 0.919. The highest BCUT2D eigenvalue weighted by atomic mass is 16.5. The molecule has 0 unspecified atom stereocenters. The Morgan fingerprint density at radius 1 is 1.17 bits per heavy atom. The van der Waals surface area contributed by atoms with Gasteiger partial charge in [-0.2, -0.15) is 5.10 Å². The molecule has 6 nitrogen and oxygen atoms in total. The van der Waals surface area contributed by atoms with Gasteiger partial charge in [-0.3, -0.25) is 14.4 Å². The minimum absolute atomic E-state index is 0.107. The lowest BCUT2D eigenvalue weighted by Gasteiger charge is -2.28. The zero-order valence-electron chi connectivity index (χ0n) is 13.2. The number of hydrogen-bond donors (Lipinski definition) is 0. The van der Waals surface area contributed by atoms with Crippen LogP contribution in [-0.2, 0) is 7.05 Å². The molecule has 0 saturated carbocycles. The van der Waals surface area contributed by atoms with Crippen molar-refractivity contribution >= 4 is 11.6 Å². The Morgan fingerprint density at radius 2 is 2.00 bits per heavy atom. The highest BCUT2D eigenvalue weighted by Gasteiger charge is 2.27. The topological polar surface area (TPSA) is 60.2 Å². The molecule has 0 spiro atoms. The molecule has 4 rings (SSSR count). The molecule has 0 radical (unpaired) electrons. The Labute approximate surface area is 139 Å². The number of carbonyl (C=O) groups excluding carboxylic acids is 1. The monoisotopic (exact) mass is 320 g/mol. The number of carbonyl (C=O) groups is 1. The summed E-state index contributed by atoms with van der Waals surface area (Å²) >= 11 is 0. The standard InChI is InChI=1S/C18H16N4O2/c1-21-16(12-14(20-21)13-6-3-2-4-7-13)18(23)22-10-11-24-17-15(22)8-5-9-19-17/h2-9,12H,10-11H2,1H3. The van der Waals surface area contributed by atoms with Crippen molar-refractivity contribution < 1.29 is 9.53 Å². The van der Waals surface area contributed by atoms with Crippen LogP contribution in [0.15, 0.2) is 54.7 Å². The summed E-state index contributed by atoms with van der Waals surface area (Å²) in [6, 6.07) is 15.3. The first kappa shape index (κ1) is 14.4. The van der Waals surface area contributed by atoms with Gasteiger partial charge in [0.15, 0.2) is 0 Å². The summed E-state index contributed by atoms with van der Waals surface area (Å²) < 4.78 is 7.14. The van der Waals surface area contributed by atoms with Crippen LogP contribution in [0.25, 0.3) is 11.3 Å². The summed E-state index contributed by atoms with van der Waals surface area (Å²) in [5.74, 6) is 0.382. The number of aromatic nitrogens is 3. The summed E-state index contributed by atoms with van der Waals surface area (Å²) in [5, 5.41) is 4.48. The lowest BCUT2D eigenvalue weighted by molar-refractivity contribution is 0.0966. The third kappa shape index (κ3) is 2.42. The molecular formula is C18H16N4O2. The SMILES string of the molecule is Cn1nc(-c2ccccc2)cc1C(=O)N1CCOc2ncccc21. The summed E-state index contributed by atoms with van der Waals surface area (Å²) in [6.07, 6.45) is 1.66. The Morgan fingerprint density at radius 3 is 2.83 bits per heavy atom. The van der Waals surface area contributed by atoms with E-state index in [9.17, 15) is 4.79 Å². The van der Waals surface area contributed by atoms with Crippen LogP contribution >= 0.6 is 0 Å². The molecule has 1 aliphatic heterocycles. The third-order valence-corrected chi connectivity index (χ3v) is 4.01. The van der Waals surface area contributed by atoms with E-state index in [1.54, 1.807) is 28.9 Å². The molecular weight excluding hydrogens is 304 g/mol. The van der Waals surface area contributed by atoms with Gasteiger partial charge in [0.05, 0.1) is 12.2 Å². The van der Waals surface area contributed by atoms with Gasteiger partial charge in [0.2, 0.25) is 5.88 Å². The van der Waals surface area contributed by atoms with Crippen LogP contribution in [0.2, 0.25) is 0 Å². The van der Waals surface area contributed by atoms with Crippen LogP contribution in [-0.4, -0.2) is 33.8 Å². The van der Waals surface area contributed by atoms with E-state index in [0.717, 1.165) is 11.3 Å². The zero-order chi connectivity index (χ0) is 16.5. The largest absolute Gasteiger partial charge is 0.474 e. The first-order valence-corrected chi connectivity index (χ1v) is 7.73. The molecule has 24 heavy (non-hydrogen) atoms. The molecule has 3 heterocycles. The van der Waals surface area contributed by atoms with Gasteiger partial charge in [-0.15, -0.1) is 0 Å². The van der Waals surface area contributed by atoms with Crippen molar-refractivity contribution in [1.82, 2.24) is 14.8 Å². The summed E-state index contributed by atoms with van der Waals surface area (Å²) in [7, 11) is 1.78. The van der Waals surface area contributed by atoms with Crippen molar-refractivity contribution in [3.63, 3.8) is 0 Å². The number of benzene rings is 1. The van der Waals surface area contributed by atoms with E-state index in [1.165, 1.54) is 0 Å². The second-order valence-corrected chi connectivity index (χ2v) is 5.54. The van der Waals surface area contributed by atoms with Crippen molar-refractivity contribution in [2.75, 3.05) is 18.1 Å². The minimum Gasteiger partial charge on any atom is -0.474 e. The average molecular weight is 320 g/mol. The fourth-order valence-electron chi connectivity index (χ4n) is 2.82. The Bertz CT molecular complexity index is 889. The van der Waals surface area contributed by atoms with E-state index in [2.05, 4.69) is 10.1 Å². The van der Waals surface area contributed by atoms with Gasteiger partial charge in [-0.25, -0.2) is 4.98 Å². The molecule has 0 bridgehead atoms. The van der Waals surface area contributed by atoms with Crippen molar-refractivity contribution in [1.29, 1.82) is 0 Å². The van der Waals surface area contributed by atoms with Gasteiger partial charge in [-0.1, -0.05) is 30.3 Å². The number of fused-ring (bicyclic) bond motifs is 1. The smallest absolute Gasteiger partial charge is 0.276 e. The van der Waals surface area contributed by atoms with Gasteiger partial charge in [0.1, 0.15) is 18.0 Å². The third-order valence-electron chi connectivity index (χ3n) is 4.01. The van der Waals surface area contributed by atoms with Gasteiger partial charge in [-0.05, 0) is 18.2 Å². The maximum Gasteiger partial charge on any atom is 0.276 e. The molecule has 1 amide bonds. The van der Waals surface area contributed by atoms with Crippen LogP contribution in [0.4, 0.5) is 5.69 Å². The molecule has 0 atom stereocenters. The number of nitrogens with zero attached hydrogens (tertiary/aromatic N) is 4. The van der Waals surface area contributed by atoms with Crippen molar-refractivity contribution in [2.24, 2.45) is 7.05 Å². The first-order valence-electron chi connectivity index (χ1n) is 7.73. The normalized spacial score (nSPS) is 13.3. The fourth-order valence-corrected chi connectivity index (χ4v) is 2.82. The highest BCUT2D eigenvalue weighted by Crippen LogP contribution is 2.30. The van der Waals surface area contributed by atoms with E-state index in [-0.39, 0.29) is 5.91 Å². The van der Waals surface area contributed by atoms with Crippen molar-refractivity contribution in [3.05, 3.63) is 60.4 Å². The maximum atomic E-state index is 13.0. The molecule has 6 heteroatoms. The molecule has 0 N–H and O–H groups in total. The van der Waals surface area contributed by atoms with E-state index in [4.69, 9.17) is 4.74 Å². The number of aryl methyl sites for hydroxylation is 1. The molecule has 0 fully saturated rings. The maximum absolute atomic E-state index is 13.0. The van der Waals surface area contributed by atoms with Gasteiger partial charge in [0.25, 0.3) is 5.91 Å². The molecule has 1 aromatic carbocycles. The first-order chi connectivity index (χ1) is 11.7. The van der Waals surface area contributed by atoms with Crippen molar-refractivity contribution in [2.45, 2.75) is 0 Å². The van der Waals surface area contributed by atoms with E-state index >= 15 is 0 Å². The number of pyridine rings is 1.